The molecule has 0 fully saturated rings. The molecule has 2 nitrogen and oxygen atoms in total. The first-order valence-electron chi connectivity index (χ1n) is 7.67. The van der Waals surface area contributed by atoms with Gasteiger partial charge in [0.1, 0.15) is 0 Å². The molecule has 0 radical (unpaired) electrons. The van der Waals surface area contributed by atoms with E-state index in [-0.39, 0.29) is 12.1 Å². The van der Waals surface area contributed by atoms with Gasteiger partial charge in [0.15, 0.2) is 0 Å². The molecule has 0 aromatic heterocycles. The summed E-state index contributed by atoms with van der Waals surface area (Å²) in [6, 6.07) is 17.0. The lowest BCUT2D eigenvalue weighted by molar-refractivity contribution is 0.187. The fourth-order valence-electron chi connectivity index (χ4n) is 2.32. The Morgan fingerprint density at radius 3 is 2.41 bits per heavy atom. The van der Waals surface area contributed by atoms with E-state index in [0.717, 1.165) is 23.9 Å². The molecular weight excluding hydrogens is 338 g/mol. The molecular formula is C19H24BrNO. The van der Waals surface area contributed by atoms with Gasteiger partial charge in [0.2, 0.25) is 0 Å². The maximum Gasteiger partial charge on any atom is 0.0607 e. The Balaban J connectivity index is 2.07. The number of aliphatic hydroxyl groups is 1. The Hall–Kier alpha value is -1.16. The van der Waals surface area contributed by atoms with Crippen LogP contribution in [0.25, 0.3) is 0 Å². The first kappa shape index (κ1) is 17.2. The Bertz CT molecular complexity index is 596. The summed E-state index contributed by atoms with van der Waals surface area (Å²) in [6.45, 7) is 4.90. The molecule has 0 saturated carbocycles. The van der Waals surface area contributed by atoms with Gasteiger partial charge in [-0.25, -0.2) is 0 Å². The van der Waals surface area contributed by atoms with Crippen molar-refractivity contribution < 1.29 is 5.11 Å². The monoisotopic (exact) mass is 361 g/mol. The van der Waals surface area contributed by atoms with Crippen LogP contribution in [0.1, 0.15) is 30.5 Å². The second-order valence-corrected chi connectivity index (χ2v) is 7.21. The van der Waals surface area contributed by atoms with E-state index in [2.05, 4.69) is 69.8 Å². The fourth-order valence-corrected chi connectivity index (χ4v) is 2.73. The van der Waals surface area contributed by atoms with E-state index in [9.17, 15) is 5.11 Å². The highest BCUT2D eigenvalue weighted by atomic mass is 79.9. The molecule has 2 N–H and O–H groups in total. The molecule has 0 bridgehead atoms. The zero-order valence-electron chi connectivity index (χ0n) is 13.3. The van der Waals surface area contributed by atoms with Crippen molar-refractivity contribution in [3.8, 4) is 0 Å². The number of rotatable bonds is 7. The highest BCUT2D eigenvalue weighted by Crippen LogP contribution is 2.19. The van der Waals surface area contributed by atoms with Gasteiger partial charge >= 0.3 is 0 Å². The standard InChI is InChI=1S/C19H24BrNO/c1-19(2,14-22)21-13-17-12-18(20)11-10-16(17)9-8-15-6-4-3-5-7-15/h3-7,10-12,21-22H,8-9,13-14H2,1-2H3. The van der Waals surface area contributed by atoms with Gasteiger partial charge in [-0.1, -0.05) is 52.3 Å². The molecule has 2 aromatic carbocycles. The van der Waals surface area contributed by atoms with Crippen molar-refractivity contribution in [1.82, 2.24) is 5.32 Å². The summed E-state index contributed by atoms with van der Waals surface area (Å²) in [5.74, 6) is 0. The zero-order chi connectivity index (χ0) is 16.0. The van der Waals surface area contributed by atoms with Gasteiger partial charge in [0, 0.05) is 16.6 Å². The molecule has 118 valence electrons. The van der Waals surface area contributed by atoms with Gasteiger partial charge < -0.3 is 10.4 Å². The van der Waals surface area contributed by atoms with Gasteiger partial charge in [-0.3, -0.25) is 0 Å². The molecule has 0 atom stereocenters. The summed E-state index contributed by atoms with van der Waals surface area (Å²) < 4.78 is 1.09. The summed E-state index contributed by atoms with van der Waals surface area (Å²) in [4.78, 5) is 0. The van der Waals surface area contributed by atoms with Gasteiger partial charge in [0.05, 0.1) is 6.61 Å². The Morgan fingerprint density at radius 2 is 1.73 bits per heavy atom. The zero-order valence-corrected chi connectivity index (χ0v) is 14.9. The van der Waals surface area contributed by atoms with Crippen molar-refractivity contribution >= 4 is 15.9 Å². The minimum Gasteiger partial charge on any atom is -0.394 e. The first-order valence-corrected chi connectivity index (χ1v) is 8.46. The molecule has 22 heavy (non-hydrogen) atoms. The van der Waals surface area contributed by atoms with Crippen LogP contribution in [-0.4, -0.2) is 17.3 Å². The number of aliphatic hydroxyl groups excluding tert-OH is 1. The fraction of sp³-hybridized carbons (Fsp3) is 0.368. The maximum atomic E-state index is 9.38. The summed E-state index contributed by atoms with van der Waals surface area (Å²) in [7, 11) is 0. The normalized spacial score (nSPS) is 11.6. The van der Waals surface area contributed by atoms with Crippen LogP contribution in [0.3, 0.4) is 0 Å². The number of halogens is 1. The highest BCUT2D eigenvalue weighted by Gasteiger charge is 2.16. The predicted molar refractivity (Wildman–Crippen MR) is 96.0 cm³/mol. The minimum atomic E-state index is -0.265. The summed E-state index contributed by atoms with van der Waals surface area (Å²) in [6.07, 6.45) is 2.06. The van der Waals surface area contributed by atoms with Crippen LogP contribution in [0.4, 0.5) is 0 Å². The van der Waals surface area contributed by atoms with Gasteiger partial charge in [-0.15, -0.1) is 0 Å². The third kappa shape index (κ3) is 5.24. The summed E-state index contributed by atoms with van der Waals surface area (Å²) >= 11 is 3.55. The van der Waals surface area contributed by atoms with Crippen LogP contribution in [0.5, 0.6) is 0 Å². The average Bonchev–Trinajstić information content (AvgIpc) is 2.53. The SMILES string of the molecule is CC(C)(CO)NCc1cc(Br)ccc1CCc1ccccc1. The van der Waals surface area contributed by atoms with Crippen LogP contribution in [0, 0.1) is 0 Å². The Kier molecular flexibility index (Phi) is 6.18. The number of aryl methyl sites for hydroxylation is 2. The third-order valence-electron chi connectivity index (χ3n) is 3.85. The van der Waals surface area contributed by atoms with E-state index < -0.39 is 0 Å². The van der Waals surface area contributed by atoms with Gasteiger partial charge in [-0.05, 0) is 55.5 Å². The van der Waals surface area contributed by atoms with E-state index in [1.807, 2.05) is 13.8 Å². The third-order valence-corrected chi connectivity index (χ3v) is 4.34. The molecule has 0 aliphatic rings. The minimum absolute atomic E-state index is 0.125. The molecule has 0 aliphatic heterocycles. The number of nitrogens with one attached hydrogen (secondary N) is 1. The molecule has 0 unspecified atom stereocenters. The second-order valence-electron chi connectivity index (χ2n) is 6.29. The topological polar surface area (TPSA) is 32.3 Å². The Labute approximate surface area is 141 Å². The molecule has 3 heteroatoms. The molecule has 0 aliphatic carbocycles. The quantitative estimate of drug-likeness (QED) is 0.778. The molecule has 2 aromatic rings. The van der Waals surface area contributed by atoms with Crippen molar-refractivity contribution in [3.05, 3.63) is 69.7 Å². The molecule has 0 saturated heterocycles. The van der Waals surface area contributed by atoms with E-state index in [0.29, 0.717) is 0 Å². The van der Waals surface area contributed by atoms with E-state index in [4.69, 9.17) is 0 Å². The lowest BCUT2D eigenvalue weighted by Gasteiger charge is -2.24. The highest BCUT2D eigenvalue weighted by molar-refractivity contribution is 9.10. The van der Waals surface area contributed by atoms with Crippen LogP contribution in [-0.2, 0) is 19.4 Å². The number of hydrogen-bond donors (Lipinski definition) is 2. The molecule has 0 amide bonds. The summed E-state index contributed by atoms with van der Waals surface area (Å²) in [5, 5.41) is 12.8. The van der Waals surface area contributed by atoms with E-state index >= 15 is 0 Å². The van der Waals surface area contributed by atoms with Crippen LogP contribution >= 0.6 is 15.9 Å². The van der Waals surface area contributed by atoms with Crippen molar-refractivity contribution in [2.75, 3.05) is 6.61 Å². The smallest absolute Gasteiger partial charge is 0.0607 e. The molecule has 0 heterocycles. The van der Waals surface area contributed by atoms with Gasteiger partial charge in [-0.2, -0.15) is 0 Å². The first-order chi connectivity index (χ1) is 10.5. The number of benzene rings is 2. The molecule has 0 spiro atoms. The predicted octanol–water partition coefficient (Wildman–Crippen LogP) is 4.09. The van der Waals surface area contributed by atoms with E-state index in [1.54, 1.807) is 0 Å². The van der Waals surface area contributed by atoms with E-state index in [1.165, 1.54) is 16.7 Å². The van der Waals surface area contributed by atoms with Crippen molar-refractivity contribution in [3.63, 3.8) is 0 Å². The maximum absolute atomic E-state index is 9.38. The number of hydrogen-bond acceptors (Lipinski definition) is 2. The summed E-state index contributed by atoms with van der Waals surface area (Å²) in [5.41, 5.74) is 3.74. The van der Waals surface area contributed by atoms with Gasteiger partial charge in [0.25, 0.3) is 0 Å². The average molecular weight is 362 g/mol. The Morgan fingerprint density at radius 1 is 1.00 bits per heavy atom. The lowest BCUT2D eigenvalue weighted by Crippen LogP contribution is -2.42. The van der Waals surface area contributed by atoms with Crippen LogP contribution in [0.15, 0.2) is 53.0 Å². The molecule has 2 rings (SSSR count). The van der Waals surface area contributed by atoms with Crippen molar-refractivity contribution in [2.45, 2.75) is 38.8 Å². The largest absolute Gasteiger partial charge is 0.394 e. The van der Waals surface area contributed by atoms with Crippen LogP contribution in [0.2, 0.25) is 0 Å². The second kappa shape index (κ2) is 7.91. The van der Waals surface area contributed by atoms with Crippen molar-refractivity contribution in [1.29, 1.82) is 0 Å². The van der Waals surface area contributed by atoms with Crippen LogP contribution < -0.4 is 5.32 Å². The van der Waals surface area contributed by atoms with Crippen molar-refractivity contribution in [2.24, 2.45) is 0 Å². The lowest BCUT2D eigenvalue weighted by atomic mass is 9.98.